The average molecular weight is 424 g/mol. The highest BCUT2D eigenvalue weighted by Crippen LogP contribution is 2.25. The van der Waals surface area contributed by atoms with E-state index in [2.05, 4.69) is 15.1 Å². The number of pyridine rings is 1. The van der Waals surface area contributed by atoms with Gasteiger partial charge in [0.1, 0.15) is 5.82 Å². The van der Waals surface area contributed by atoms with E-state index in [9.17, 15) is 8.42 Å². The molecule has 0 atom stereocenters. The molecule has 0 spiro atoms. The monoisotopic (exact) mass is 423 g/mol. The Balaban J connectivity index is 1.89. The Kier molecular flexibility index (Phi) is 4.57. The van der Waals surface area contributed by atoms with Gasteiger partial charge in [0.15, 0.2) is 14.9 Å². The van der Waals surface area contributed by atoms with Crippen molar-refractivity contribution in [2.24, 2.45) is 0 Å². The first-order chi connectivity index (χ1) is 12.9. The number of aromatic nitrogens is 5. The second-order valence-electron chi connectivity index (χ2n) is 6.13. The summed E-state index contributed by atoms with van der Waals surface area (Å²) >= 11 is 12.1. The summed E-state index contributed by atoms with van der Waals surface area (Å²) in [4.78, 5) is 8.76. The maximum Gasteiger partial charge on any atom is 0.195 e. The van der Waals surface area contributed by atoms with Gasteiger partial charge in [0.05, 0.1) is 29.3 Å². The first kappa shape index (κ1) is 18.2. The van der Waals surface area contributed by atoms with Gasteiger partial charge >= 0.3 is 0 Å². The van der Waals surface area contributed by atoms with Crippen molar-refractivity contribution < 1.29 is 8.42 Å². The lowest BCUT2D eigenvalue weighted by molar-refractivity contribution is 0.584. The zero-order chi connectivity index (χ0) is 19.2. The summed E-state index contributed by atoms with van der Waals surface area (Å²) < 4.78 is 27.8. The smallest absolute Gasteiger partial charge is 0.195 e. The van der Waals surface area contributed by atoms with Crippen LogP contribution in [0.5, 0.6) is 0 Å². The normalized spacial score (nSPS) is 12.3. The zero-order valence-corrected chi connectivity index (χ0v) is 16.6. The Morgan fingerprint density at radius 3 is 2.74 bits per heavy atom. The van der Waals surface area contributed by atoms with E-state index in [0.717, 1.165) is 17.3 Å². The third-order valence-corrected chi connectivity index (χ3v) is 5.67. The Morgan fingerprint density at radius 2 is 2.00 bits per heavy atom. The van der Waals surface area contributed by atoms with Crippen molar-refractivity contribution in [1.82, 2.24) is 24.3 Å². The summed E-state index contributed by atoms with van der Waals surface area (Å²) in [6.07, 6.45) is 4.29. The standard InChI is InChI=1S/C17H15Cl2N5O2S/c1-27(25,26)17-12-4-6-20-9-15(12)24(22-17)10-16-21-13-8-11(19)2-3-14(13)23(16)7-5-18/h2-4,6,8-9H,5,7,10H2,1H3. The molecule has 1 aromatic carbocycles. The third kappa shape index (κ3) is 3.28. The first-order valence-corrected chi connectivity index (χ1v) is 10.9. The van der Waals surface area contributed by atoms with E-state index in [-0.39, 0.29) is 11.6 Å². The van der Waals surface area contributed by atoms with Crippen LogP contribution < -0.4 is 0 Å². The molecule has 0 saturated carbocycles. The topological polar surface area (TPSA) is 82.7 Å². The Morgan fingerprint density at radius 1 is 1.19 bits per heavy atom. The van der Waals surface area contributed by atoms with Crippen LogP contribution in [0.25, 0.3) is 21.9 Å². The highest BCUT2D eigenvalue weighted by Gasteiger charge is 2.20. The summed E-state index contributed by atoms with van der Waals surface area (Å²) in [5.74, 6) is 1.12. The van der Waals surface area contributed by atoms with Gasteiger partial charge in [0.2, 0.25) is 0 Å². The lowest BCUT2D eigenvalue weighted by Crippen LogP contribution is -2.11. The van der Waals surface area contributed by atoms with Crippen LogP contribution in [-0.2, 0) is 22.9 Å². The lowest BCUT2D eigenvalue weighted by Gasteiger charge is -2.08. The number of rotatable bonds is 5. The van der Waals surface area contributed by atoms with Crippen molar-refractivity contribution in [1.29, 1.82) is 0 Å². The van der Waals surface area contributed by atoms with Crippen molar-refractivity contribution in [3.8, 4) is 0 Å². The summed E-state index contributed by atoms with van der Waals surface area (Å²) in [6.45, 7) is 0.840. The van der Waals surface area contributed by atoms with Gasteiger partial charge in [-0.3, -0.25) is 9.67 Å². The summed E-state index contributed by atoms with van der Waals surface area (Å²) in [7, 11) is -3.48. The fourth-order valence-electron chi connectivity index (χ4n) is 3.13. The molecule has 0 amide bonds. The quantitative estimate of drug-likeness (QED) is 0.460. The molecule has 4 aromatic rings. The third-order valence-electron chi connectivity index (χ3n) is 4.26. The molecule has 140 valence electrons. The minimum absolute atomic E-state index is 0.0305. The number of aryl methyl sites for hydroxylation is 1. The Labute approximate surface area is 165 Å². The molecule has 0 aliphatic rings. The lowest BCUT2D eigenvalue weighted by atomic mass is 10.3. The number of imidazole rings is 1. The van der Waals surface area contributed by atoms with E-state index < -0.39 is 9.84 Å². The molecule has 4 rings (SSSR count). The Bertz CT molecular complexity index is 1260. The van der Waals surface area contributed by atoms with Crippen molar-refractivity contribution in [2.45, 2.75) is 18.1 Å². The van der Waals surface area contributed by atoms with Gasteiger partial charge in [-0.25, -0.2) is 13.4 Å². The number of sulfone groups is 1. The predicted molar refractivity (Wildman–Crippen MR) is 105 cm³/mol. The maximum absolute atomic E-state index is 12.1. The second-order valence-corrected chi connectivity index (χ2v) is 8.87. The maximum atomic E-state index is 12.1. The average Bonchev–Trinajstić information content (AvgIpc) is 3.14. The molecule has 3 aromatic heterocycles. The molecular weight excluding hydrogens is 409 g/mol. The van der Waals surface area contributed by atoms with Gasteiger partial charge in [-0.15, -0.1) is 11.6 Å². The van der Waals surface area contributed by atoms with Crippen LogP contribution >= 0.6 is 23.2 Å². The molecule has 7 nitrogen and oxygen atoms in total. The van der Waals surface area contributed by atoms with Gasteiger partial charge in [-0.2, -0.15) is 5.10 Å². The van der Waals surface area contributed by atoms with Crippen molar-refractivity contribution in [3.05, 3.63) is 47.5 Å². The number of halogens is 2. The number of hydrogen-bond donors (Lipinski definition) is 0. The molecule has 0 aliphatic carbocycles. The van der Waals surface area contributed by atoms with Gasteiger partial charge in [0.25, 0.3) is 0 Å². The summed E-state index contributed by atoms with van der Waals surface area (Å²) in [6, 6.07) is 7.13. The van der Waals surface area contributed by atoms with E-state index in [0.29, 0.717) is 34.2 Å². The Hall–Kier alpha value is -2.16. The number of hydrogen-bond acceptors (Lipinski definition) is 5. The first-order valence-electron chi connectivity index (χ1n) is 8.09. The second kappa shape index (κ2) is 6.78. The van der Waals surface area contributed by atoms with Crippen LogP contribution in [0.4, 0.5) is 0 Å². The highest BCUT2D eigenvalue weighted by molar-refractivity contribution is 7.90. The van der Waals surface area contributed by atoms with Gasteiger partial charge in [0, 0.05) is 35.3 Å². The number of nitrogens with zero attached hydrogens (tertiary/aromatic N) is 5. The molecule has 3 heterocycles. The molecular formula is C17H15Cl2N5O2S. The summed E-state index contributed by atoms with van der Waals surface area (Å²) in [5.41, 5.74) is 2.29. The number of benzene rings is 1. The molecule has 0 unspecified atom stereocenters. The van der Waals surface area contributed by atoms with Crippen LogP contribution in [-0.4, -0.2) is 44.9 Å². The van der Waals surface area contributed by atoms with E-state index >= 15 is 0 Å². The fourth-order valence-corrected chi connectivity index (χ4v) is 4.28. The van der Waals surface area contributed by atoms with Crippen molar-refractivity contribution in [2.75, 3.05) is 12.1 Å². The van der Waals surface area contributed by atoms with Crippen LogP contribution in [0.1, 0.15) is 5.82 Å². The molecule has 27 heavy (non-hydrogen) atoms. The SMILES string of the molecule is CS(=O)(=O)c1nn(Cc2nc3cc(Cl)ccc3n2CCCl)c2cnccc12. The van der Waals surface area contributed by atoms with Crippen molar-refractivity contribution >= 4 is 55.0 Å². The molecule has 0 radical (unpaired) electrons. The predicted octanol–water partition coefficient (Wildman–Crippen LogP) is 3.13. The molecule has 0 N–H and O–H groups in total. The van der Waals surface area contributed by atoms with Crippen LogP contribution in [0, 0.1) is 0 Å². The van der Waals surface area contributed by atoms with Crippen LogP contribution in [0.3, 0.4) is 0 Å². The number of alkyl halides is 1. The van der Waals surface area contributed by atoms with Gasteiger partial charge in [-0.1, -0.05) is 11.6 Å². The van der Waals surface area contributed by atoms with E-state index in [1.807, 2.05) is 10.6 Å². The number of fused-ring (bicyclic) bond motifs is 2. The molecule has 0 bridgehead atoms. The van der Waals surface area contributed by atoms with Crippen molar-refractivity contribution in [3.63, 3.8) is 0 Å². The zero-order valence-electron chi connectivity index (χ0n) is 14.3. The van der Waals surface area contributed by atoms with E-state index in [4.69, 9.17) is 23.2 Å². The highest BCUT2D eigenvalue weighted by atomic mass is 35.5. The van der Waals surface area contributed by atoms with Crippen LogP contribution in [0.15, 0.2) is 41.7 Å². The molecule has 0 fully saturated rings. The van der Waals surface area contributed by atoms with Gasteiger partial charge < -0.3 is 4.57 Å². The molecule has 0 saturated heterocycles. The largest absolute Gasteiger partial charge is 0.325 e. The fraction of sp³-hybridized carbons (Fsp3) is 0.235. The summed E-state index contributed by atoms with van der Waals surface area (Å²) in [5, 5.41) is 5.48. The minimum Gasteiger partial charge on any atom is -0.325 e. The van der Waals surface area contributed by atoms with Crippen LogP contribution in [0.2, 0.25) is 5.02 Å². The minimum atomic E-state index is -3.48. The molecule has 10 heteroatoms. The molecule has 0 aliphatic heterocycles. The van der Waals surface area contributed by atoms with Gasteiger partial charge in [-0.05, 0) is 24.3 Å². The van der Waals surface area contributed by atoms with E-state index in [1.165, 1.54) is 0 Å². The van der Waals surface area contributed by atoms with E-state index in [1.54, 1.807) is 35.3 Å².